The normalized spacial score (nSPS) is 34.9. The van der Waals surface area contributed by atoms with Crippen molar-refractivity contribution in [2.24, 2.45) is 17.3 Å². The molecule has 0 N–H and O–H groups in total. The van der Waals surface area contributed by atoms with Gasteiger partial charge < -0.3 is 9.47 Å². The van der Waals surface area contributed by atoms with E-state index in [1.165, 1.54) is 18.4 Å². The lowest BCUT2D eigenvalue weighted by Gasteiger charge is -2.56. The molecule has 3 atom stereocenters. The van der Waals surface area contributed by atoms with Gasteiger partial charge >= 0.3 is 0 Å². The van der Waals surface area contributed by atoms with Crippen molar-refractivity contribution in [1.29, 1.82) is 0 Å². The van der Waals surface area contributed by atoms with Crippen molar-refractivity contribution in [3.05, 3.63) is 23.3 Å². The molecule has 0 spiro atoms. The largest absolute Gasteiger partial charge is 0.373 e. The lowest BCUT2D eigenvalue weighted by Crippen LogP contribution is -2.48. The van der Waals surface area contributed by atoms with Crippen LogP contribution < -0.4 is 0 Å². The molecule has 0 aromatic rings. The molecule has 1 unspecified atom stereocenters. The van der Waals surface area contributed by atoms with Crippen molar-refractivity contribution < 1.29 is 9.47 Å². The van der Waals surface area contributed by atoms with Crippen molar-refractivity contribution in [3.8, 4) is 0 Å². The van der Waals surface area contributed by atoms with Gasteiger partial charge in [0.2, 0.25) is 0 Å². The minimum absolute atomic E-state index is 0.123. The second-order valence-electron chi connectivity index (χ2n) is 8.64. The van der Waals surface area contributed by atoms with Crippen LogP contribution in [0.4, 0.5) is 0 Å². The van der Waals surface area contributed by atoms with Gasteiger partial charge in [-0.25, -0.2) is 0 Å². The van der Waals surface area contributed by atoms with E-state index < -0.39 is 0 Å². The third kappa shape index (κ3) is 3.19. The highest BCUT2D eigenvalue weighted by molar-refractivity contribution is 5.23. The number of ether oxygens (including phenoxy) is 2. The molecule has 2 nitrogen and oxygen atoms in total. The molecule has 1 aliphatic heterocycles. The van der Waals surface area contributed by atoms with Gasteiger partial charge in [-0.3, -0.25) is 0 Å². The SMILES string of the molecule is C/C(=C\COCC1=CC[C@@H]2C[C@H]1C2(C)C)CCC1OC1(C)C. The third-order valence-corrected chi connectivity index (χ3v) is 6.37. The number of fused-ring (bicyclic) bond motifs is 1. The summed E-state index contributed by atoms with van der Waals surface area (Å²) in [5, 5.41) is 0. The van der Waals surface area contributed by atoms with Crippen LogP contribution in [0.5, 0.6) is 0 Å². The smallest absolute Gasteiger partial charge is 0.0892 e. The summed E-state index contributed by atoms with van der Waals surface area (Å²) < 4.78 is 11.5. The Bertz CT molecular complexity index is 484. The van der Waals surface area contributed by atoms with Gasteiger partial charge in [-0.15, -0.1) is 0 Å². The molecule has 1 saturated carbocycles. The first-order chi connectivity index (χ1) is 10.3. The number of hydrogen-bond acceptors (Lipinski definition) is 2. The van der Waals surface area contributed by atoms with Gasteiger partial charge in [0, 0.05) is 0 Å². The Kier molecular flexibility index (Phi) is 4.28. The van der Waals surface area contributed by atoms with E-state index in [0.717, 1.165) is 37.9 Å². The standard InChI is InChI=1S/C20H32O2/c1-14(6-9-18-20(4,5)22-18)10-11-21-13-15-7-8-16-12-17(15)19(16,2)3/h7,10,16-18H,6,8-9,11-13H2,1-5H3/b14-10+/t16-,17-,18?/m1/s1. The van der Waals surface area contributed by atoms with Crippen LogP contribution in [-0.2, 0) is 9.47 Å². The molecule has 0 radical (unpaired) electrons. The van der Waals surface area contributed by atoms with E-state index in [-0.39, 0.29) is 5.60 Å². The van der Waals surface area contributed by atoms with Crippen molar-refractivity contribution in [1.82, 2.24) is 0 Å². The third-order valence-electron chi connectivity index (χ3n) is 6.37. The minimum Gasteiger partial charge on any atom is -0.373 e. The summed E-state index contributed by atoms with van der Waals surface area (Å²) in [6, 6.07) is 0. The Morgan fingerprint density at radius 2 is 2.09 bits per heavy atom. The molecular formula is C20H32O2. The Morgan fingerprint density at radius 3 is 2.68 bits per heavy atom. The topological polar surface area (TPSA) is 21.8 Å². The molecule has 22 heavy (non-hydrogen) atoms. The van der Waals surface area contributed by atoms with E-state index in [0.29, 0.717) is 11.5 Å². The van der Waals surface area contributed by atoms with Crippen LogP contribution in [0, 0.1) is 17.3 Å². The van der Waals surface area contributed by atoms with E-state index in [2.05, 4.69) is 46.8 Å². The summed E-state index contributed by atoms with van der Waals surface area (Å²) in [5.74, 6) is 1.68. The zero-order valence-electron chi connectivity index (χ0n) is 14.9. The maximum atomic E-state index is 5.92. The molecule has 124 valence electrons. The molecule has 2 bridgehead atoms. The second-order valence-corrected chi connectivity index (χ2v) is 8.64. The van der Waals surface area contributed by atoms with E-state index in [1.54, 1.807) is 5.57 Å². The molecule has 0 amide bonds. The number of epoxide rings is 1. The van der Waals surface area contributed by atoms with E-state index in [1.807, 2.05) is 0 Å². The van der Waals surface area contributed by atoms with Gasteiger partial charge in [0.1, 0.15) is 0 Å². The van der Waals surface area contributed by atoms with Gasteiger partial charge in [0.25, 0.3) is 0 Å². The average Bonchev–Trinajstić information content (AvgIpc) is 3.08. The average molecular weight is 304 g/mol. The maximum absolute atomic E-state index is 5.92. The summed E-state index contributed by atoms with van der Waals surface area (Å²) in [7, 11) is 0. The van der Waals surface area contributed by atoms with Crippen LogP contribution >= 0.6 is 0 Å². The van der Waals surface area contributed by atoms with Crippen molar-refractivity contribution in [2.75, 3.05) is 13.2 Å². The minimum atomic E-state index is 0.123. The maximum Gasteiger partial charge on any atom is 0.0892 e. The highest BCUT2D eigenvalue weighted by atomic mass is 16.6. The van der Waals surface area contributed by atoms with Gasteiger partial charge in [0.15, 0.2) is 0 Å². The Morgan fingerprint density at radius 1 is 1.36 bits per heavy atom. The Hall–Kier alpha value is -0.600. The predicted octanol–water partition coefficient (Wildman–Crippen LogP) is 4.90. The fourth-order valence-electron chi connectivity index (χ4n) is 4.22. The molecule has 1 saturated heterocycles. The van der Waals surface area contributed by atoms with E-state index >= 15 is 0 Å². The first-order valence-electron chi connectivity index (χ1n) is 8.91. The summed E-state index contributed by atoms with van der Waals surface area (Å²) in [4.78, 5) is 0. The molecule has 3 aliphatic carbocycles. The number of hydrogen-bond donors (Lipinski definition) is 0. The van der Waals surface area contributed by atoms with E-state index in [4.69, 9.17) is 9.47 Å². The highest BCUT2D eigenvalue weighted by Crippen LogP contribution is 2.59. The van der Waals surface area contributed by atoms with Gasteiger partial charge in [0.05, 0.1) is 24.9 Å². The van der Waals surface area contributed by atoms with Gasteiger partial charge in [-0.2, -0.15) is 0 Å². The fraction of sp³-hybridized carbons (Fsp3) is 0.800. The molecule has 0 aromatic heterocycles. The lowest BCUT2D eigenvalue weighted by molar-refractivity contribution is -0.0161. The molecule has 4 rings (SSSR count). The summed E-state index contributed by atoms with van der Waals surface area (Å²) in [6.07, 6.45) is 10.0. The molecular weight excluding hydrogens is 272 g/mol. The zero-order chi connectivity index (χ0) is 16.0. The molecule has 2 fully saturated rings. The first-order valence-corrected chi connectivity index (χ1v) is 8.91. The van der Waals surface area contributed by atoms with Crippen LogP contribution in [0.1, 0.15) is 60.3 Å². The quantitative estimate of drug-likeness (QED) is 0.379. The van der Waals surface area contributed by atoms with Crippen LogP contribution in [0.2, 0.25) is 0 Å². The Labute approximate surface area is 136 Å². The molecule has 1 heterocycles. The monoisotopic (exact) mass is 304 g/mol. The predicted molar refractivity (Wildman–Crippen MR) is 90.8 cm³/mol. The first kappa shape index (κ1) is 16.3. The van der Waals surface area contributed by atoms with E-state index in [9.17, 15) is 0 Å². The second kappa shape index (κ2) is 5.79. The fourth-order valence-corrected chi connectivity index (χ4v) is 4.22. The number of allylic oxidation sites excluding steroid dienone is 2. The Balaban J connectivity index is 1.35. The van der Waals surface area contributed by atoms with Gasteiger partial charge in [-0.1, -0.05) is 31.6 Å². The summed E-state index contributed by atoms with van der Waals surface area (Å²) in [6.45, 7) is 13.0. The molecule has 4 aliphatic rings. The zero-order valence-corrected chi connectivity index (χ0v) is 14.9. The van der Waals surface area contributed by atoms with Crippen LogP contribution in [0.15, 0.2) is 23.3 Å². The summed E-state index contributed by atoms with van der Waals surface area (Å²) in [5.41, 5.74) is 3.60. The van der Waals surface area contributed by atoms with Crippen LogP contribution in [0.3, 0.4) is 0 Å². The number of rotatable bonds is 7. The van der Waals surface area contributed by atoms with Crippen molar-refractivity contribution in [3.63, 3.8) is 0 Å². The highest BCUT2D eigenvalue weighted by Gasteiger charge is 2.51. The van der Waals surface area contributed by atoms with Gasteiger partial charge in [-0.05, 0) is 69.3 Å². The van der Waals surface area contributed by atoms with Crippen LogP contribution in [-0.4, -0.2) is 24.9 Å². The molecule has 2 heteroatoms. The lowest BCUT2D eigenvalue weighted by atomic mass is 9.49. The summed E-state index contributed by atoms with van der Waals surface area (Å²) >= 11 is 0. The van der Waals surface area contributed by atoms with Crippen molar-refractivity contribution >= 4 is 0 Å². The van der Waals surface area contributed by atoms with Crippen molar-refractivity contribution in [2.45, 2.75) is 72.0 Å². The van der Waals surface area contributed by atoms with Crippen LogP contribution in [0.25, 0.3) is 0 Å². The molecule has 0 aromatic carbocycles.